The molecule has 1 aromatic heterocycles. The molecule has 0 saturated carbocycles. The summed E-state index contributed by atoms with van der Waals surface area (Å²) in [4.78, 5) is 4.21. The topological polar surface area (TPSA) is 34.1 Å². The van der Waals surface area contributed by atoms with Crippen molar-refractivity contribution in [2.24, 2.45) is 0 Å². The van der Waals surface area contributed by atoms with Gasteiger partial charge in [-0.2, -0.15) is 0 Å². The average molecular weight is 365 g/mol. The molecule has 3 aromatic rings. The van der Waals surface area contributed by atoms with E-state index >= 15 is 0 Å². The van der Waals surface area contributed by atoms with E-state index in [1.54, 1.807) is 17.5 Å². The number of halogens is 2. The Bertz CT molecular complexity index is 758. The maximum absolute atomic E-state index is 6.18. The molecule has 0 saturated heterocycles. The molecule has 0 aliphatic heterocycles. The fourth-order valence-electron chi connectivity index (χ4n) is 2.09. The second-order valence-electron chi connectivity index (χ2n) is 4.79. The van der Waals surface area contributed by atoms with Crippen LogP contribution in [-0.4, -0.2) is 4.98 Å². The van der Waals surface area contributed by atoms with Crippen LogP contribution in [0.2, 0.25) is 10.0 Å². The van der Waals surface area contributed by atoms with Gasteiger partial charge in [-0.05, 0) is 18.2 Å². The number of nitrogens with one attached hydrogen (secondary N) is 1. The van der Waals surface area contributed by atoms with Crippen LogP contribution < -0.4 is 10.1 Å². The van der Waals surface area contributed by atoms with Crippen molar-refractivity contribution in [3.05, 3.63) is 75.2 Å². The zero-order valence-electron chi connectivity index (χ0n) is 12.1. The Morgan fingerprint density at radius 3 is 2.57 bits per heavy atom. The normalized spacial score (nSPS) is 10.5. The summed E-state index contributed by atoms with van der Waals surface area (Å²) in [6.45, 7) is 0.965. The van der Waals surface area contributed by atoms with Gasteiger partial charge in [0.2, 0.25) is 0 Å². The number of hydrogen-bond donors (Lipinski definition) is 1. The molecule has 1 heterocycles. The maximum atomic E-state index is 6.18. The minimum atomic E-state index is 0.326. The lowest BCUT2D eigenvalue weighted by Gasteiger charge is -2.13. The minimum Gasteiger partial charge on any atom is -0.488 e. The molecule has 0 aliphatic carbocycles. The Hall–Kier alpha value is -1.75. The number of thiazole rings is 1. The van der Waals surface area contributed by atoms with E-state index in [-0.39, 0.29) is 0 Å². The van der Waals surface area contributed by atoms with Crippen molar-refractivity contribution in [2.75, 3.05) is 5.32 Å². The number of hydrogen-bond acceptors (Lipinski definition) is 4. The van der Waals surface area contributed by atoms with Crippen LogP contribution in [0.25, 0.3) is 0 Å². The van der Waals surface area contributed by atoms with Crippen LogP contribution in [0.3, 0.4) is 0 Å². The second-order valence-corrected chi connectivity index (χ2v) is 6.50. The van der Waals surface area contributed by atoms with Gasteiger partial charge in [-0.1, -0.05) is 47.5 Å². The molecule has 0 aliphatic rings. The van der Waals surface area contributed by atoms with Crippen molar-refractivity contribution in [3.8, 4) is 5.75 Å². The Labute approximate surface area is 148 Å². The summed E-state index contributed by atoms with van der Waals surface area (Å²) in [6.07, 6.45) is 1.77. The fraction of sp³-hybridized carbons (Fsp3) is 0.118. The van der Waals surface area contributed by atoms with Crippen LogP contribution in [0, 0.1) is 0 Å². The number of rotatable bonds is 6. The fourth-order valence-corrected chi connectivity index (χ4v) is 3.13. The third-order valence-electron chi connectivity index (χ3n) is 3.27. The zero-order valence-corrected chi connectivity index (χ0v) is 14.5. The van der Waals surface area contributed by atoms with E-state index in [1.165, 1.54) is 0 Å². The summed E-state index contributed by atoms with van der Waals surface area (Å²) in [5, 5.41) is 7.31. The van der Waals surface area contributed by atoms with Gasteiger partial charge >= 0.3 is 0 Å². The predicted octanol–water partition coefficient (Wildman–Crippen LogP) is 5.64. The summed E-state index contributed by atoms with van der Waals surface area (Å²) in [5.74, 6) is 0.799. The monoisotopic (exact) mass is 364 g/mol. The lowest BCUT2D eigenvalue weighted by molar-refractivity contribution is 0.303. The molecule has 2 aromatic carbocycles. The summed E-state index contributed by atoms with van der Waals surface area (Å²) in [5.41, 5.74) is 1.84. The Morgan fingerprint density at radius 1 is 1.04 bits per heavy atom. The van der Waals surface area contributed by atoms with Gasteiger partial charge in [-0.3, -0.25) is 0 Å². The highest BCUT2D eigenvalue weighted by atomic mass is 35.5. The van der Waals surface area contributed by atoms with Crippen LogP contribution in [0.4, 0.5) is 5.13 Å². The highest BCUT2D eigenvalue weighted by Gasteiger charge is 2.09. The van der Waals surface area contributed by atoms with Gasteiger partial charge in [0.05, 0.1) is 0 Å². The Balaban J connectivity index is 1.70. The van der Waals surface area contributed by atoms with Crippen LogP contribution in [0.15, 0.2) is 54.0 Å². The molecule has 3 nitrogen and oxygen atoms in total. The molecule has 3 rings (SSSR count). The molecule has 118 valence electrons. The minimum absolute atomic E-state index is 0.326. The summed E-state index contributed by atoms with van der Waals surface area (Å²) < 4.78 is 5.93. The molecule has 1 N–H and O–H groups in total. The lowest BCUT2D eigenvalue weighted by Crippen LogP contribution is -2.04. The smallest absolute Gasteiger partial charge is 0.182 e. The molecule has 0 bridgehead atoms. The van der Waals surface area contributed by atoms with E-state index < -0.39 is 0 Å². The molecule has 0 amide bonds. The van der Waals surface area contributed by atoms with E-state index in [4.69, 9.17) is 27.9 Å². The molecule has 0 spiro atoms. The van der Waals surface area contributed by atoms with Gasteiger partial charge in [0.25, 0.3) is 0 Å². The summed E-state index contributed by atoms with van der Waals surface area (Å²) in [7, 11) is 0. The number of nitrogens with zero attached hydrogens (tertiary/aromatic N) is 1. The van der Waals surface area contributed by atoms with Crippen LogP contribution in [0.1, 0.15) is 11.1 Å². The number of anilines is 1. The van der Waals surface area contributed by atoms with Crippen molar-refractivity contribution < 1.29 is 4.74 Å². The SMILES string of the molecule is Clc1cccc(Cl)c1COc1ccccc1CNc1nccs1. The van der Waals surface area contributed by atoms with Crippen LogP contribution in [0.5, 0.6) is 5.75 Å². The Kier molecular flexibility index (Phi) is 5.39. The highest BCUT2D eigenvalue weighted by molar-refractivity contribution is 7.13. The first-order valence-corrected chi connectivity index (χ1v) is 8.64. The van der Waals surface area contributed by atoms with E-state index in [0.29, 0.717) is 23.2 Å². The van der Waals surface area contributed by atoms with Crippen LogP contribution >= 0.6 is 34.5 Å². The van der Waals surface area contributed by atoms with E-state index in [0.717, 1.165) is 22.0 Å². The third-order valence-corrected chi connectivity index (χ3v) is 4.71. The molecular formula is C17H14Cl2N2OS. The number of benzene rings is 2. The lowest BCUT2D eigenvalue weighted by atomic mass is 10.2. The van der Waals surface area contributed by atoms with Gasteiger partial charge in [-0.15, -0.1) is 11.3 Å². The molecule has 0 fully saturated rings. The molecule has 6 heteroatoms. The summed E-state index contributed by atoms with van der Waals surface area (Å²) >= 11 is 13.9. The van der Waals surface area contributed by atoms with Gasteiger partial charge in [0, 0.05) is 39.3 Å². The van der Waals surface area contributed by atoms with Gasteiger partial charge in [0.1, 0.15) is 12.4 Å². The predicted molar refractivity (Wildman–Crippen MR) is 96.7 cm³/mol. The highest BCUT2D eigenvalue weighted by Crippen LogP contribution is 2.27. The van der Waals surface area contributed by atoms with Crippen molar-refractivity contribution in [2.45, 2.75) is 13.2 Å². The number of ether oxygens (including phenoxy) is 1. The largest absolute Gasteiger partial charge is 0.488 e. The van der Waals surface area contributed by atoms with Crippen molar-refractivity contribution in [1.82, 2.24) is 4.98 Å². The van der Waals surface area contributed by atoms with Crippen LogP contribution in [-0.2, 0) is 13.2 Å². The first-order chi connectivity index (χ1) is 11.2. The zero-order chi connectivity index (χ0) is 16.1. The van der Waals surface area contributed by atoms with Gasteiger partial charge in [-0.25, -0.2) is 4.98 Å². The first-order valence-electron chi connectivity index (χ1n) is 7.01. The first kappa shape index (κ1) is 16.1. The average Bonchev–Trinajstić information content (AvgIpc) is 3.07. The quantitative estimate of drug-likeness (QED) is 0.614. The van der Waals surface area contributed by atoms with E-state index in [9.17, 15) is 0 Å². The Morgan fingerprint density at radius 2 is 1.83 bits per heavy atom. The van der Waals surface area contributed by atoms with Crippen molar-refractivity contribution >= 4 is 39.7 Å². The van der Waals surface area contributed by atoms with E-state index in [2.05, 4.69) is 10.3 Å². The van der Waals surface area contributed by atoms with Gasteiger partial charge < -0.3 is 10.1 Å². The molecule has 0 unspecified atom stereocenters. The maximum Gasteiger partial charge on any atom is 0.182 e. The molecule has 23 heavy (non-hydrogen) atoms. The van der Waals surface area contributed by atoms with E-state index in [1.807, 2.05) is 47.8 Å². The molecule has 0 atom stereocenters. The van der Waals surface area contributed by atoms with Crippen molar-refractivity contribution in [3.63, 3.8) is 0 Å². The standard InChI is InChI=1S/C17H14Cl2N2OS/c18-14-5-3-6-15(19)13(14)11-22-16-7-2-1-4-12(16)10-21-17-20-8-9-23-17/h1-9H,10-11H2,(H,20,21). The molecule has 0 radical (unpaired) electrons. The molecular weight excluding hydrogens is 351 g/mol. The number of aromatic nitrogens is 1. The third kappa shape index (κ3) is 4.16. The van der Waals surface area contributed by atoms with Crippen molar-refractivity contribution in [1.29, 1.82) is 0 Å². The van der Waals surface area contributed by atoms with Gasteiger partial charge in [0.15, 0.2) is 5.13 Å². The number of para-hydroxylation sites is 1. The summed E-state index contributed by atoms with van der Waals surface area (Å²) in [6, 6.07) is 13.3. The second kappa shape index (κ2) is 7.68.